The number of H-pyrrole nitrogens is 1. The third-order valence-electron chi connectivity index (χ3n) is 5.06. The van der Waals surface area contributed by atoms with Gasteiger partial charge in [-0.05, 0) is 31.9 Å². The highest BCUT2D eigenvalue weighted by Crippen LogP contribution is 2.35. The molecule has 0 atom stereocenters. The Morgan fingerprint density at radius 1 is 1.27 bits per heavy atom. The molecule has 0 bridgehead atoms. The van der Waals surface area contributed by atoms with E-state index in [1.54, 1.807) is 11.3 Å². The molecular formula is C16H21N3OS2. The van der Waals surface area contributed by atoms with Crippen molar-refractivity contribution in [3.05, 3.63) is 25.6 Å². The minimum absolute atomic E-state index is 0.0173. The standard InChI is InChI=1S/C16H21N3OS2/c1-18-8-7-11-12(9-18)22-14-13(11)15(21)19(16(20)17-14)10-5-3-2-4-6-10/h10H,2-9H2,1H3,(H,17,20). The lowest BCUT2D eigenvalue weighted by atomic mass is 9.95. The van der Waals surface area contributed by atoms with E-state index in [9.17, 15) is 4.79 Å². The predicted molar refractivity (Wildman–Crippen MR) is 93.4 cm³/mol. The molecule has 118 valence electrons. The summed E-state index contributed by atoms with van der Waals surface area (Å²) in [5, 5.41) is 1.15. The molecule has 2 aliphatic rings. The van der Waals surface area contributed by atoms with E-state index in [2.05, 4.69) is 16.9 Å². The SMILES string of the molecule is CN1CCc2c(sc3[nH]c(=O)n(C4CCCCC4)c(=S)c23)C1. The molecule has 4 rings (SSSR count). The zero-order valence-corrected chi connectivity index (χ0v) is 14.5. The number of aromatic nitrogens is 2. The third kappa shape index (κ3) is 2.28. The summed E-state index contributed by atoms with van der Waals surface area (Å²) in [6, 6.07) is 0.288. The van der Waals surface area contributed by atoms with Crippen LogP contribution in [0.4, 0.5) is 0 Å². The van der Waals surface area contributed by atoms with Gasteiger partial charge in [-0.2, -0.15) is 0 Å². The minimum Gasteiger partial charge on any atom is -0.301 e. The van der Waals surface area contributed by atoms with Crippen LogP contribution in [0, 0.1) is 4.64 Å². The van der Waals surface area contributed by atoms with E-state index < -0.39 is 0 Å². The Labute approximate surface area is 138 Å². The number of aromatic amines is 1. The van der Waals surface area contributed by atoms with Gasteiger partial charge in [0.2, 0.25) is 0 Å². The maximum absolute atomic E-state index is 12.6. The highest BCUT2D eigenvalue weighted by Gasteiger charge is 2.24. The molecule has 1 aliphatic heterocycles. The molecule has 0 amide bonds. The largest absolute Gasteiger partial charge is 0.327 e. The van der Waals surface area contributed by atoms with Crippen LogP contribution in [0.25, 0.3) is 10.2 Å². The first-order chi connectivity index (χ1) is 10.6. The van der Waals surface area contributed by atoms with Gasteiger partial charge in [0, 0.05) is 29.4 Å². The monoisotopic (exact) mass is 335 g/mol. The number of likely N-dealkylation sites (N-methyl/N-ethyl adjacent to an activating group) is 1. The van der Waals surface area contributed by atoms with Crippen molar-refractivity contribution >= 4 is 33.8 Å². The van der Waals surface area contributed by atoms with Gasteiger partial charge >= 0.3 is 5.69 Å². The molecule has 1 saturated carbocycles. The molecule has 1 aliphatic carbocycles. The average Bonchev–Trinajstić information content (AvgIpc) is 2.85. The Morgan fingerprint density at radius 3 is 2.82 bits per heavy atom. The average molecular weight is 335 g/mol. The lowest BCUT2D eigenvalue weighted by molar-refractivity contribution is 0.317. The third-order valence-corrected chi connectivity index (χ3v) is 6.59. The quantitative estimate of drug-likeness (QED) is 0.809. The van der Waals surface area contributed by atoms with Crippen molar-refractivity contribution in [2.24, 2.45) is 0 Å². The van der Waals surface area contributed by atoms with E-state index >= 15 is 0 Å². The molecule has 0 radical (unpaired) electrons. The predicted octanol–water partition coefficient (Wildman–Crippen LogP) is 3.61. The maximum atomic E-state index is 12.6. The lowest BCUT2D eigenvalue weighted by Gasteiger charge is -2.24. The van der Waals surface area contributed by atoms with Crippen LogP contribution >= 0.6 is 23.6 Å². The fourth-order valence-electron chi connectivity index (χ4n) is 3.89. The minimum atomic E-state index is -0.0173. The first kappa shape index (κ1) is 14.6. The molecule has 0 spiro atoms. The van der Waals surface area contributed by atoms with E-state index in [0.29, 0.717) is 0 Å². The molecule has 2 aromatic heterocycles. The second-order valence-corrected chi connectivity index (χ2v) is 8.08. The van der Waals surface area contributed by atoms with Crippen molar-refractivity contribution in [1.82, 2.24) is 14.5 Å². The van der Waals surface area contributed by atoms with Gasteiger partial charge in [-0.1, -0.05) is 31.5 Å². The van der Waals surface area contributed by atoms with Gasteiger partial charge in [0.05, 0.1) is 0 Å². The van der Waals surface area contributed by atoms with E-state index in [1.807, 2.05) is 4.57 Å². The molecule has 0 unspecified atom stereocenters. The number of hydrogen-bond acceptors (Lipinski definition) is 4. The normalized spacial score (nSPS) is 20.4. The Kier molecular flexibility index (Phi) is 3.71. The summed E-state index contributed by atoms with van der Waals surface area (Å²) < 4.78 is 2.65. The van der Waals surface area contributed by atoms with Gasteiger partial charge in [0.1, 0.15) is 9.47 Å². The summed E-state index contributed by atoms with van der Waals surface area (Å²) in [6.45, 7) is 2.03. The van der Waals surface area contributed by atoms with Gasteiger partial charge < -0.3 is 4.90 Å². The van der Waals surface area contributed by atoms with Crippen LogP contribution < -0.4 is 5.69 Å². The number of thiophene rings is 1. The van der Waals surface area contributed by atoms with Crippen molar-refractivity contribution in [2.45, 2.75) is 51.1 Å². The molecule has 1 N–H and O–H groups in total. The lowest BCUT2D eigenvalue weighted by Crippen LogP contribution is -2.29. The van der Waals surface area contributed by atoms with Crippen LogP contribution in [0.15, 0.2) is 4.79 Å². The van der Waals surface area contributed by atoms with E-state index in [-0.39, 0.29) is 11.7 Å². The van der Waals surface area contributed by atoms with Crippen molar-refractivity contribution in [3.63, 3.8) is 0 Å². The zero-order valence-electron chi connectivity index (χ0n) is 12.9. The Hall–Kier alpha value is -0.980. The van der Waals surface area contributed by atoms with Gasteiger partial charge in [-0.15, -0.1) is 11.3 Å². The zero-order chi connectivity index (χ0) is 15.3. The van der Waals surface area contributed by atoms with Gasteiger partial charge in [0.15, 0.2) is 0 Å². The van der Waals surface area contributed by atoms with Crippen LogP contribution in [-0.4, -0.2) is 28.0 Å². The number of nitrogens with one attached hydrogen (secondary N) is 1. The fraction of sp³-hybridized carbons (Fsp3) is 0.625. The summed E-state index contributed by atoms with van der Waals surface area (Å²) in [7, 11) is 2.15. The number of rotatable bonds is 1. The number of hydrogen-bond donors (Lipinski definition) is 1. The smallest absolute Gasteiger partial charge is 0.301 e. The summed E-state index contributed by atoms with van der Waals surface area (Å²) in [5.74, 6) is 0. The van der Waals surface area contributed by atoms with Crippen molar-refractivity contribution < 1.29 is 0 Å². The molecule has 0 aromatic carbocycles. The molecule has 1 fully saturated rings. The van der Waals surface area contributed by atoms with Gasteiger partial charge in [-0.3, -0.25) is 9.55 Å². The van der Waals surface area contributed by atoms with Crippen LogP contribution in [0.1, 0.15) is 48.6 Å². The second-order valence-electron chi connectivity index (χ2n) is 6.59. The van der Waals surface area contributed by atoms with Crippen molar-refractivity contribution in [2.75, 3.05) is 13.6 Å². The first-order valence-corrected chi connectivity index (χ1v) is 9.35. The Morgan fingerprint density at radius 2 is 2.05 bits per heavy atom. The molecule has 2 aromatic rings. The van der Waals surface area contributed by atoms with Gasteiger partial charge in [0.25, 0.3) is 0 Å². The fourth-order valence-corrected chi connectivity index (χ4v) is 5.73. The van der Waals surface area contributed by atoms with Crippen LogP contribution in [0.3, 0.4) is 0 Å². The topological polar surface area (TPSA) is 41.0 Å². The summed E-state index contributed by atoms with van der Waals surface area (Å²) in [4.78, 5) is 20.3. The second kappa shape index (κ2) is 5.58. The van der Waals surface area contributed by atoms with Crippen LogP contribution in [0.2, 0.25) is 0 Å². The van der Waals surface area contributed by atoms with Crippen LogP contribution in [-0.2, 0) is 13.0 Å². The maximum Gasteiger partial charge on any atom is 0.327 e. The molecule has 22 heavy (non-hydrogen) atoms. The Bertz CT molecular complexity index is 826. The molecule has 6 heteroatoms. The number of fused-ring (bicyclic) bond motifs is 3. The van der Waals surface area contributed by atoms with Crippen molar-refractivity contribution in [3.8, 4) is 0 Å². The molecule has 0 saturated heterocycles. The van der Waals surface area contributed by atoms with E-state index in [4.69, 9.17) is 12.2 Å². The highest BCUT2D eigenvalue weighted by atomic mass is 32.1. The molecule has 4 nitrogen and oxygen atoms in total. The summed E-state index contributed by atoms with van der Waals surface area (Å²) in [5.41, 5.74) is 1.36. The first-order valence-electron chi connectivity index (χ1n) is 8.13. The van der Waals surface area contributed by atoms with E-state index in [0.717, 1.165) is 47.2 Å². The molecular weight excluding hydrogens is 314 g/mol. The Balaban J connectivity index is 1.92. The van der Waals surface area contributed by atoms with Crippen LogP contribution in [0.5, 0.6) is 0 Å². The number of nitrogens with zero attached hydrogens (tertiary/aromatic N) is 2. The summed E-state index contributed by atoms with van der Waals surface area (Å²) >= 11 is 7.48. The van der Waals surface area contributed by atoms with E-state index in [1.165, 1.54) is 29.7 Å². The van der Waals surface area contributed by atoms with Crippen molar-refractivity contribution in [1.29, 1.82) is 0 Å². The highest BCUT2D eigenvalue weighted by molar-refractivity contribution is 7.71. The summed E-state index contributed by atoms with van der Waals surface area (Å²) in [6.07, 6.45) is 6.89. The molecule has 3 heterocycles. The van der Waals surface area contributed by atoms with Gasteiger partial charge in [-0.25, -0.2) is 4.79 Å².